The fourth-order valence-corrected chi connectivity index (χ4v) is 3.06. The number of hydrogen-bond acceptors (Lipinski definition) is 3. The number of ether oxygens (including phenoxy) is 1. The molecule has 0 saturated heterocycles. The van der Waals surface area contributed by atoms with Crippen molar-refractivity contribution in [3.05, 3.63) is 70.8 Å². The number of carbonyl (C=O) groups is 2. The minimum absolute atomic E-state index is 0.0632. The number of fused-ring (bicyclic) bond motifs is 1. The summed E-state index contributed by atoms with van der Waals surface area (Å²) in [5, 5.41) is 0.630. The van der Waals surface area contributed by atoms with E-state index < -0.39 is 5.97 Å². The molecule has 0 fully saturated rings. The number of benzene rings is 2. The van der Waals surface area contributed by atoms with E-state index in [9.17, 15) is 9.59 Å². The van der Waals surface area contributed by atoms with Gasteiger partial charge in [-0.1, -0.05) is 41.9 Å². The minimum Gasteiger partial charge on any atom is -0.452 e. The third-order valence-electron chi connectivity index (χ3n) is 4.10. The molecule has 2 aromatic carbocycles. The Labute approximate surface area is 151 Å². The van der Waals surface area contributed by atoms with E-state index in [1.54, 1.807) is 35.2 Å². The average Bonchev–Trinajstić information content (AvgIpc) is 2.95. The van der Waals surface area contributed by atoms with Crippen LogP contribution in [0.3, 0.4) is 0 Å². The van der Waals surface area contributed by atoms with E-state index in [-0.39, 0.29) is 18.6 Å². The van der Waals surface area contributed by atoms with Gasteiger partial charge in [-0.2, -0.15) is 0 Å². The van der Waals surface area contributed by atoms with Gasteiger partial charge in [0.2, 0.25) is 0 Å². The molecule has 5 heteroatoms. The normalized spacial score (nSPS) is 16.1. The fourth-order valence-electron chi connectivity index (χ4n) is 2.93. The van der Waals surface area contributed by atoms with Gasteiger partial charge in [0.15, 0.2) is 6.61 Å². The van der Waals surface area contributed by atoms with Crippen molar-refractivity contribution >= 4 is 35.2 Å². The van der Waals surface area contributed by atoms with Crippen LogP contribution in [0, 0.1) is 0 Å². The number of halogens is 1. The molecule has 1 amide bonds. The van der Waals surface area contributed by atoms with Crippen molar-refractivity contribution < 1.29 is 14.3 Å². The van der Waals surface area contributed by atoms with Crippen molar-refractivity contribution in [2.24, 2.45) is 0 Å². The molecular weight excluding hydrogens is 338 g/mol. The smallest absolute Gasteiger partial charge is 0.331 e. The number of hydrogen-bond donors (Lipinski definition) is 0. The van der Waals surface area contributed by atoms with E-state index >= 15 is 0 Å². The Morgan fingerprint density at radius 3 is 2.68 bits per heavy atom. The lowest BCUT2D eigenvalue weighted by Crippen LogP contribution is -2.38. The molecule has 0 aromatic heterocycles. The number of anilines is 1. The Hall–Kier alpha value is -2.59. The van der Waals surface area contributed by atoms with E-state index in [0.29, 0.717) is 5.02 Å². The number of rotatable bonds is 4. The summed E-state index contributed by atoms with van der Waals surface area (Å²) in [7, 11) is 0. The zero-order valence-corrected chi connectivity index (χ0v) is 14.6. The third kappa shape index (κ3) is 4.09. The van der Waals surface area contributed by atoms with Gasteiger partial charge >= 0.3 is 5.97 Å². The SMILES string of the molecule is C[C@@H]1Cc2ccccc2N1C(=O)COC(=O)/C=C/c1ccc(Cl)cc1. The van der Waals surface area contributed by atoms with E-state index in [0.717, 1.165) is 23.2 Å². The zero-order valence-electron chi connectivity index (χ0n) is 13.8. The topological polar surface area (TPSA) is 46.6 Å². The zero-order chi connectivity index (χ0) is 17.8. The molecule has 1 heterocycles. The molecule has 128 valence electrons. The van der Waals surface area contributed by atoms with Crippen LogP contribution in [0.4, 0.5) is 5.69 Å². The monoisotopic (exact) mass is 355 g/mol. The first-order chi connectivity index (χ1) is 12.0. The molecule has 25 heavy (non-hydrogen) atoms. The van der Waals surface area contributed by atoms with Crippen LogP contribution in [0.2, 0.25) is 5.02 Å². The van der Waals surface area contributed by atoms with Gasteiger partial charge < -0.3 is 9.64 Å². The Bertz CT molecular complexity index is 814. The van der Waals surface area contributed by atoms with Crippen LogP contribution in [0.15, 0.2) is 54.6 Å². The van der Waals surface area contributed by atoms with Crippen molar-refractivity contribution in [2.75, 3.05) is 11.5 Å². The van der Waals surface area contributed by atoms with E-state index in [2.05, 4.69) is 0 Å². The Balaban J connectivity index is 1.57. The maximum Gasteiger partial charge on any atom is 0.331 e. The molecule has 0 unspecified atom stereocenters. The molecule has 2 aromatic rings. The molecule has 3 rings (SSSR count). The van der Waals surface area contributed by atoms with E-state index in [4.69, 9.17) is 16.3 Å². The van der Waals surface area contributed by atoms with Gasteiger partial charge in [0.05, 0.1) is 0 Å². The van der Waals surface area contributed by atoms with Crippen LogP contribution in [0.1, 0.15) is 18.1 Å². The van der Waals surface area contributed by atoms with Crippen molar-refractivity contribution in [1.82, 2.24) is 0 Å². The summed E-state index contributed by atoms with van der Waals surface area (Å²) in [6.07, 6.45) is 3.74. The van der Waals surface area contributed by atoms with E-state index in [1.165, 1.54) is 6.08 Å². The maximum atomic E-state index is 12.4. The van der Waals surface area contributed by atoms with Crippen LogP contribution in [-0.4, -0.2) is 24.5 Å². The molecule has 1 atom stereocenters. The van der Waals surface area contributed by atoms with Crippen molar-refractivity contribution in [2.45, 2.75) is 19.4 Å². The van der Waals surface area contributed by atoms with Crippen LogP contribution >= 0.6 is 11.6 Å². The highest BCUT2D eigenvalue weighted by atomic mass is 35.5. The largest absolute Gasteiger partial charge is 0.452 e. The molecule has 0 spiro atoms. The molecule has 0 radical (unpaired) electrons. The minimum atomic E-state index is -0.552. The van der Waals surface area contributed by atoms with Crippen LogP contribution in [0.25, 0.3) is 6.08 Å². The fraction of sp³-hybridized carbons (Fsp3) is 0.200. The lowest BCUT2D eigenvalue weighted by molar-refractivity contribution is -0.143. The van der Waals surface area contributed by atoms with Crippen molar-refractivity contribution in [1.29, 1.82) is 0 Å². The van der Waals surface area contributed by atoms with Crippen molar-refractivity contribution in [3.63, 3.8) is 0 Å². The standard InChI is InChI=1S/C20H18ClNO3/c1-14-12-16-4-2-3-5-18(16)22(14)19(23)13-25-20(24)11-8-15-6-9-17(21)10-7-15/h2-11,14H,12-13H2,1H3/b11-8+/t14-/m1/s1. The van der Waals surface area contributed by atoms with Gasteiger partial charge in [-0.05, 0) is 48.7 Å². The summed E-state index contributed by atoms with van der Waals surface area (Å²) in [6.45, 7) is 1.71. The quantitative estimate of drug-likeness (QED) is 0.617. The van der Waals surface area contributed by atoms with Gasteiger partial charge in [-0.25, -0.2) is 4.79 Å². The molecule has 0 bridgehead atoms. The van der Waals surface area contributed by atoms with Crippen molar-refractivity contribution in [3.8, 4) is 0 Å². The van der Waals surface area contributed by atoms with Gasteiger partial charge in [0, 0.05) is 22.8 Å². The second-order valence-electron chi connectivity index (χ2n) is 5.94. The number of para-hydroxylation sites is 1. The molecule has 0 saturated carbocycles. The Morgan fingerprint density at radius 1 is 1.20 bits per heavy atom. The molecule has 1 aliphatic rings. The molecule has 1 aliphatic heterocycles. The Kier molecular flexibility index (Phi) is 5.19. The first-order valence-corrected chi connectivity index (χ1v) is 8.43. The maximum absolute atomic E-state index is 12.4. The predicted molar refractivity (Wildman–Crippen MR) is 98.5 cm³/mol. The number of nitrogens with zero attached hydrogens (tertiary/aromatic N) is 1. The average molecular weight is 356 g/mol. The highest BCUT2D eigenvalue weighted by molar-refractivity contribution is 6.30. The summed E-state index contributed by atoms with van der Waals surface area (Å²) < 4.78 is 5.08. The first-order valence-electron chi connectivity index (χ1n) is 8.05. The summed E-state index contributed by atoms with van der Waals surface area (Å²) in [5.74, 6) is -0.769. The summed E-state index contributed by atoms with van der Waals surface area (Å²) in [5.41, 5.74) is 2.86. The highest BCUT2D eigenvalue weighted by Gasteiger charge is 2.30. The van der Waals surface area contributed by atoms with Crippen LogP contribution < -0.4 is 4.90 Å². The second kappa shape index (κ2) is 7.53. The van der Waals surface area contributed by atoms with Gasteiger partial charge in [-0.3, -0.25) is 4.79 Å². The number of amides is 1. The summed E-state index contributed by atoms with van der Waals surface area (Å²) in [4.78, 5) is 26.0. The van der Waals surface area contributed by atoms with Gasteiger partial charge in [0.25, 0.3) is 5.91 Å². The molecule has 0 N–H and O–H groups in total. The van der Waals surface area contributed by atoms with Crippen LogP contribution in [-0.2, 0) is 20.7 Å². The molecular formula is C20H18ClNO3. The Morgan fingerprint density at radius 2 is 1.92 bits per heavy atom. The molecule has 4 nitrogen and oxygen atoms in total. The molecule has 0 aliphatic carbocycles. The van der Waals surface area contributed by atoms with Crippen LogP contribution in [0.5, 0.6) is 0 Å². The lowest BCUT2D eigenvalue weighted by atomic mass is 10.1. The highest BCUT2D eigenvalue weighted by Crippen LogP contribution is 2.31. The number of esters is 1. The summed E-state index contributed by atoms with van der Waals surface area (Å²) in [6, 6.07) is 14.9. The van der Waals surface area contributed by atoms with Gasteiger partial charge in [0.1, 0.15) is 0 Å². The first kappa shape index (κ1) is 17.2. The third-order valence-corrected chi connectivity index (χ3v) is 4.35. The van der Waals surface area contributed by atoms with E-state index in [1.807, 2.05) is 31.2 Å². The summed E-state index contributed by atoms with van der Waals surface area (Å²) >= 11 is 5.81. The number of carbonyl (C=O) groups excluding carboxylic acids is 2. The second-order valence-corrected chi connectivity index (χ2v) is 6.37. The lowest BCUT2D eigenvalue weighted by Gasteiger charge is -2.22. The predicted octanol–water partition coefficient (Wildman–Crippen LogP) is 3.87. The van der Waals surface area contributed by atoms with Gasteiger partial charge in [-0.15, -0.1) is 0 Å².